The lowest BCUT2D eigenvalue weighted by Gasteiger charge is -2.26. The number of nitrogens with zero attached hydrogens (tertiary/aromatic N) is 3. The summed E-state index contributed by atoms with van der Waals surface area (Å²) in [4.78, 5) is 2.39. The summed E-state index contributed by atoms with van der Waals surface area (Å²) < 4.78 is 5.05. The van der Waals surface area contributed by atoms with Gasteiger partial charge in [-0.2, -0.15) is 0 Å². The number of hydrogen-bond donors (Lipinski definition) is 0. The molecule has 0 amide bonds. The average Bonchev–Trinajstić information content (AvgIpc) is 3.80. The monoisotopic (exact) mass is 699 g/mol. The quantitative estimate of drug-likeness (QED) is 0.163. The molecule has 3 nitrogen and oxygen atoms in total. The van der Waals surface area contributed by atoms with Crippen molar-refractivity contribution in [3.63, 3.8) is 0 Å². The van der Waals surface area contributed by atoms with Crippen LogP contribution in [-0.2, 0) is 0 Å². The molecule has 3 heteroatoms. The molecule has 0 saturated heterocycles. The summed E-state index contributed by atoms with van der Waals surface area (Å²) >= 11 is 0. The first-order chi connectivity index (χ1) is 27.3. The summed E-state index contributed by atoms with van der Waals surface area (Å²) in [6, 6.07) is 73.0. The predicted octanol–water partition coefficient (Wildman–Crippen LogP) is 14.2. The topological polar surface area (TPSA) is 12.1 Å². The highest BCUT2D eigenvalue weighted by Crippen LogP contribution is 2.47. The van der Waals surface area contributed by atoms with Crippen LogP contribution in [0.2, 0.25) is 0 Å². The fourth-order valence-electron chi connectivity index (χ4n) is 9.23. The highest BCUT2D eigenvalue weighted by molar-refractivity contribution is 6.37. The van der Waals surface area contributed by atoms with Crippen molar-refractivity contribution in [2.75, 3.05) is 4.90 Å². The van der Waals surface area contributed by atoms with E-state index in [1.807, 2.05) is 0 Å². The minimum atomic E-state index is 1.10. The van der Waals surface area contributed by atoms with E-state index in [1.54, 1.807) is 0 Å². The number of benzene rings is 9. The van der Waals surface area contributed by atoms with Crippen LogP contribution < -0.4 is 4.90 Å². The van der Waals surface area contributed by atoms with Crippen LogP contribution in [0.3, 0.4) is 0 Å². The zero-order valence-electron chi connectivity index (χ0n) is 29.9. The number of rotatable bonds is 5. The Morgan fingerprint density at radius 2 is 0.655 bits per heavy atom. The van der Waals surface area contributed by atoms with Crippen LogP contribution in [0.4, 0.5) is 17.1 Å². The van der Waals surface area contributed by atoms with Crippen molar-refractivity contribution in [3.05, 3.63) is 200 Å². The maximum atomic E-state index is 2.53. The molecule has 0 aliphatic heterocycles. The Labute approximate surface area is 317 Å². The van der Waals surface area contributed by atoms with E-state index in [2.05, 4.69) is 214 Å². The van der Waals surface area contributed by atoms with Crippen LogP contribution in [-0.4, -0.2) is 8.80 Å². The smallest absolute Gasteiger partial charge is 0.0796 e. The van der Waals surface area contributed by atoms with E-state index in [9.17, 15) is 0 Å². The van der Waals surface area contributed by atoms with Gasteiger partial charge in [0.1, 0.15) is 0 Å². The summed E-state index contributed by atoms with van der Waals surface area (Å²) in [7, 11) is 0. The van der Waals surface area contributed by atoms with Crippen LogP contribution >= 0.6 is 0 Å². The second-order valence-corrected chi connectivity index (χ2v) is 14.5. The summed E-state index contributed by atoms with van der Waals surface area (Å²) in [5, 5.41) is 7.77. The number of para-hydroxylation sites is 2. The standard InChI is InChI=1S/C52H33N3/c1-3-13-34(14-4-1)36-23-27-38(28-24-36)53(39-29-25-37(26-30-39)35-15-5-2-6-16-35)40-31-32-47-48(33-40)55-46-22-12-10-20-44(46)50-42-18-8-7-17-41(42)49-43-19-9-11-21-45(43)54(47)51(49)52(50)55/h1-33H. The number of fused-ring (bicyclic) bond motifs is 12. The Kier molecular flexibility index (Phi) is 6.34. The van der Waals surface area contributed by atoms with Gasteiger partial charge in [0.05, 0.1) is 33.1 Å². The van der Waals surface area contributed by atoms with E-state index < -0.39 is 0 Å². The number of aromatic nitrogens is 2. The minimum absolute atomic E-state index is 1.10. The summed E-state index contributed by atoms with van der Waals surface area (Å²) in [6.07, 6.45) is 0. The first-order valence-electron chi connectivity index (χ1n) is 18.9. The third kappa shape index (κ3) is 4.32. The lowest BCUT2D eigenvalue weighted by atomic mass is 9.98. The number of hydrogen-bond acceptors (Lipinski definition) is 1. The molecular formula is C52H33N3. The molecule has 256 valence electrons. The van der Waals surface area contributed by atoms with E-state index in [4.69, 9.17) is 0 Å². The van der Waals surface area contributed by atoms with E-state index in [1.165, 1.54) is 87.7 Å². The first kappa shape index (κ1) is 30.1. The molecule has 0 fully saturated rings. The molecule has 12 aromatic rings. The van der Waals surface area contributed by atoms with Crippen molar-refractivity contribution < 1.29 is 0 Å². The Morgan fingerprint density at radius 3 is 1.15 bits per heavy atom. The highest BCUT2D eigenvalue weighted by atomic mass is 15.1. The van der Waals surface area contributed by atoms with E-state index in [-0.39, 0.29) is 0 Å². The minimum Gasteiger partial charge on any atom is -0.310 e. The van der Waals surface area contributed by atoms with Crippen LogP contribution in [0.25, 0.3) is 87.7 Å². The second kappa shape index (κ2) is 11.6. The second-order valence-electron chi connectivity index (χ2n) is 14.5. The van der Waals surface area contributed by atoms with Gasteiger partial charge in [0.25, 0.3) is 0 Å². The molecule has 0 saturated carbocycles. The van der Waals surface area contributed by atoms with Crippen LogP contribution in [0.5, 0.6) is 0 Å². The average molecular weight is 700 g/mol. The fraction of sp³-hybridized carbons (Fsp3) is 0. The van der Waals surface area contributed by atoms with Crippen molar-refractivity contribution in [1.29, 1.82) is 0 Å². The summed E-state index contributed by atoms with van der Waals surface area (Å²) in [6.45, 7) is 0. The molecule has 0 spiro atoms. The van der Waals surface area contributed by atoms with Gasteiger partial charge in [0.2, 0.25) is 0 Å². The lowest BCUT2D eigenvalue weighted by molar-refractivity contribution is 1.24. The van der Waals surface area contributed by atoms with Gasteiger partial charge in [0.15, 0.2) is 0 Å². The van der Waals surface area contributed by atoms with Gasteiger partial charge in [-0.05, 0) is 87.6 Å². The van der Waals surface area contributed by atoms with Crippen LogP contribution in [0, 0.1) is 0 Å². The predicted molar refractivity (Wildman–Crippen MR) is 233 cm³/mol. The molecule has 0 N–H and O–H groups in total. The molecule has 0 aliphatic carbocycles. The molecule has 0 bridgehead atoms. The van der Waals surface area contributed by atoms with Crippen molar-refractivity contribution >= 4 is 82.5 Å². The van der Waals surface area contributed by atoms with Crippen LogP contribution in [0.1, 0.15) is 0 Å². The van der Waals surface area contributed by atoms with Gasteiger partial charge < -0.3 is 13.7 Å². The van der Waals surface area contributed by atoms with Crippen molar-refractivity contribution in [2.45, 2.75) is 0 Å². The van der Waals surface area contributed by atoms with E-state index >= 15 is 0 Å². The molecule has 3 aromatic heterocycles. The van der Waals surface area contributed by atoms with Gasteiger partial charge in [-0.3, -0.25) is 0 Å². The zero-order valence-corrected chi connectivity index (χ0v) is 29.9. The Hall–Kier alpha value is -7.36. The largest absolute Gasteiger partial charge is 0.310 e. The normalized spacial score (nSPS) is 12.0. The zero-order chi connectivity index (χ0) is 36.0. The Morgan fingerprint density at radius 1 is 0.273 bits per heavy atom. The number of anilines is 3. The van der Waals surface area contributed by atoms with Gasteiger partial charge in [0, 0.05) is 38.6 Å². The first-order valence-corrected chi connectivity index (χ1v) is 18.9. The summed E-state index contributed by atoms with van der Waals surface area (Å²) in [5.41, 5.74) is 15.4. The Bertz CT molecular complexity index is 3300. The van der Waals surface area contributed by atoms with E-state index in [0.29, 0.717) is 0 Å². The molecule has 9 aromatic carbocycles. The van der Waals surface area contributed by atoms with Gasteiger partial charge >= 0.3 is 0 Å². The third-order valence-corrected chi connectivity index (χ3v) is 11.6. The maximum absolute atomic E-state index is 2.53. The van der Waals surface area contributed by atoms with Crippen molar-refractivity contribution in [3.8, 4) is 22.3 Å². The van der Waals surface area contributed by atoms with Gasteiger partial charge in [-0.25, -0.2) is 0 Å². The lowest BCUT2D eigenvalue weighted by Crippen LogP contribution is -2.10. The van der Waals surface area contributed by atoms with Crippen molar-refractivity contribution in [1.82, 2.24) is 8.80 Å². The highest BCUT2D eigenvalue weighted by Gasteiger charge is 2.25. The van der Waals surface area contributed by atoms with Crippen molar-refractivity contribution in [2.24, 2.45) is 0 Å². The molecular weight excluding hydrogens is 667 g/mol. The molecule has 12 rings (SSSR count). The molecule has 3 heterocycles. The fourth-order valence-corrected chi connectivity index (χ4v) is 9.23. The van der Waals surface area contributed by atoms with E-state index in [0.717, 1.165) is 17.1 Å². The van der Waals surface area contributed by atoms with Gasteiger partial charge in [-0.1, -0.05) is 146 Å². The SMILES string of the molecule is c1ccc(-c2ccc(N(c3ccc(-c4ccccc4)cc3)c3ccc4c(c3)n3c5ccccc5c5c6ccccc6c6c7ccccc7n4c6c53)cc2)cc1. The third-order valence-electron chi connectivity index (χ3n) is 11.6. The summed E-state index contributed by atoms with van der Waals surface area (Å²) in [5.74, 6) is 0. The molecule has 55 heavy (non-hydrogen) atoms. The van der Waals surface area contributed by atoms with Gasteiger partial charge in [-0.15, -0.1) is 0 Å². The Balaban J connectivity index is 1.17. The molecule has 0 atom stereocenters. The molecule has 0 radical (unpaired) electrons. The molecule has 0 aliphatic rings. The van der Waals surface area contributed by atoms with Crippen LogP contribution in [0.15, 0.2) is 200 Å². The maximum Gasteiger partial charge on any atom is 0.0796 e. The molecule has 0 unspecified atom stereocenters.